The van der Waals surface area contributed by atoms with Crippen LogP contribution in [0.1, 0.15) is 89.8 Å². The van der Waals surface area contributed by atoms with E-state index in [1.54, 1.807) is 52.1 Å². The van der Waals surface area contributed by atoms with E-state index in [2.05, 4.69) is 10.6 Å². The average molecular weight is 1020 g/mol. The van der Waals surface area contributed by atoms with Gasteiger partial charge in [0.25, 0.3) is 0 Å². The van der Waals surface area contributed by atoms with Gasteiger partial charge in [-0.1, -0.05) is 95.1 Å². The van der Waals surface area contributed by atoms with Gasteiger partial charge in [-0.3, -0.25) is 24.5 Å². The molecule has 378 valence electrons. The number of aliphatic hydroxyl groups is 1. The van der Waals surface area contributed by atoms with Crippen LogP contribution in [0.25, 0.3) is 0 Å². The zero-order valence-electron chi connectivity index (χ0n) is 41.0. The van der Waals surface area contributed by atoms with Crippen LogP contribution in [-0.4, -0.2) is 127 Å². The highest BCUT2D eigenvalue weighted by Gasteiger charge is 2.64. The molecule has 2 aromatic rings. The van der Waals surface area contributed by atoms with Crippen molar-refractivity contribution in [2.75, 3.05) is 44.7 Å². The smallest absolute Gasteiger partial charge is 0.409 e. The number of rotatable bonds is 18. The largest absolute Gasteiger partial charge is 0.495 e. The number of amides is 4. The maximum atomic E-state index is 14.3. The van der Waals surface area contributed by atoms with Gasteiger partial charge in [0, 0.05) is 77.3 Å². The second-order valence-electron chi connectivity index (χ2n) is 18.0. The minimum absolute atomic E-state index is 0.00332. The number of alkyl carbamates (subject to hydrolysis) is 1. The lowest BCUT2D eigenvalue weighted by Crippen LogP contribution is -2.63. The van der Waals surface area contributed by atoms with Crippen LogP contribution in [0.4, 0.5) is 10.5 Å². The average Bonchev–Trinajstić information content (AvgIpc) is 4.03. The second kappa shape index (κ2) is 25.0. The van der Waals surface area contributed by atoms with Crippen molar-refractivity contribution in [1.82, 2.24) is 15.5 Å². The molecule has 4 amide bonds. The maximum absolute atomic E-state index is 14.3. The van der Waals surface area contributed by atoms with E-state index in [0.29, 0.717) is 61.6 Å². The van der Waals surface area contributed by atoms with Crippen LogP contribution in [0.2, 0.25) is 5.02 Å². The van der Waals surface area contributed by atoms with E-state index in [-0.39, 0.29) is 41.9 Å². The van der Waals surface area contributed by atoms with Crippen molar-refractivity contribution in [3.05, 3.63) is 81.9 Å². The number of likely N-dealkylation sites (N-methyl/N-ethyl adjacent to an activating group) is 1. The first-order chi connectivity index (χ1) is 32.7. The predicted molar refractivity (Wildman–Crippen MR) is 267 cm³/mol. The number of Topliss-reactive ketones (excluding diaryl/α,β-unsaturated/α-hetero) is 1. The fourth-order valence-electron chi connectivity index (χ4n) is 8.36. The van der Waals surface area contributed by atoms with Gasteiger partial charge in [0.1, 0.15) is 46.5 Å². The molecule has 0 radical (unpaired) electrons. The number of carbonyl (C=O) groups excluding carboxylic acids is 6. The highest BCUT2D eigenvalue weighted by molar-refractivity contribution is 8.76. The number of nitrogens with zero attached hydrogens (tertiary/aromatic N) is 2. The van der Waals surface area contributed by atoms with Crippen LogP contribution in [0.15, 0.2) is 60.2 Å². The van der Waals surface area contributed by atoms with Gasteiger partial charge in [-0.05, 0) is 62.4 Å². The number of nitrogens with one attached hydrogen (secondary N) is 2. The monoisotopic (exact) mass is 1010 g/mol. The molecule has 0 aliphatic carbocycles. The Morgan fingerprint density at radius 1 is 1.07 bits per heavy atom. The van der Waals surface area contributed by atoms with Gasteiger partial charge >= 0.3 is 12.1 Å². The minimum Gasteiger partial charge on any atom is -0.495 e. The summed E-state index contributed by atoms with van der Waals surface area (Å²) in [7, 11) is 8.98. The molecule has 69 heavy (non-hydrogen) atoms. The number of benzene rings is 2. The first-order valence-electron chi connectivity index (χ1n) is 23.2. The van der Waals surface area contributed by atoms with Gasteiger partial charge in [0.05, 0.1) is 25.3 Å². The molecule has 2 fully saturated rings. The Morgan fingerprint density at radius 3 is 2.42 bits per heavy atom. The molecular weight excluding hydrogens is 948 g/mol. The van der Waals surface area contributed by atoms with Crippen LogP contribution >= 0.6 is 33.2 Å². The summed E-state index contributed by atoms with van der Waals surface area (Å²) in [5.74, 6) is -0.523. The van der Waals surface area contributed by atoms with Crippen LogP contribution in [-0.2, 0) is 62.3 Å². The third kappa shape index (κ3) is 14.7. The van der Waals surface area contributed by atoms with Gasteiger partial charge in [-0.25, -0.2) is 9.59 Å². The number of hydrogen-bond acceptors (Lipinski definition) is 14. The van der Waals surface area contributed by atoms with Crippen molar-refractivity contribution in [1.29, 1.82) is 0 Å². The molecule has 19 heteroatoms. The fourth-order valence-corrected chi connectivity index (χ4v) is 10.7. The van der Waals surface area contributed by atoms with Crippen LogP contribution in [0, 0.1) is 5.92 Å². The SMILES string of the molecule is CCC(=O)NCc1ccc(CCC(=O)CCSSCCC(=O)N(C)[C@H](C)C(=O)O[C@@H]2CC(=O)N(C)c3cc(cc(OC)c3Cl)C/C(C)=C/C=C/[C@H](OC)[C@]3(O)C[C@@H](OC(=O)N3)[C@H](C)[C@@H]3O[C@@]23C)cc1. The molecular formula is C50H67ClN4O12S2. The number of halogens is 1. The summed E-state index contributed by atoms with van der Waals surface area (Å²) in [4.78, 5) is 81.5. The van der Waals surface area contributed by atoms with E-state index in [1.165, 1.54) is 52.7 Å². The standard InChI is InChI=1S/C50H67ClN4O12S2/c1-10-42(57)52-29-34-16-14-33(15-17-34)18-19-36(56)20-22-68-69-23-21-43(58)54(6)32(4)47(60)66-41-27-44(59)55(7)37-25-35(26-38(63-8)45(37)51)24-30(2)12-11-13-40(64-9)50(62)28-39(65-48(61)53-50)31(3)46-49(41,5)67-46/h11-17,25-26,31-32,39-41,46,62H,10,18-24,27-29H2,1-9H3,(H,52,57)(H,53,61)/b13-11+,30-12+/t31-,32+,39+,40-,41+,46-,49-,50+/m0/s1. The Bertz CT molecular complexity index is 2250. The zero-order valence-corrected chi connectivity index (χ0v) is 43.4. The Kier molecular flexibility index (Phi) is 20.0. The number of esters is 1. The zero-order chi connectivity index (χ0) is 50.6. The molecule has 4 bridgehead atoms. The van der Waals surface area contributed by atoms with Crippen molar-refractivity contribution in [2.45, 2.75) is 134 Å². The predicted octanol–water partition coefficient (Wildman–Crippen LogP) is 6.90. The van der Waals surface area contributed by atoms with E-state index < -0.39 is 65.7 Å². The summed E-state index contributed by atoms with van der Waals surface area (Å²) in [5.41, 5.74) is 1.02. The van der Waals surface area contributed by atoms with Crippen molar-refractivity contribution in [2.24, 2.45) is 5.92 Å². The van der Waals surface area contributed by atoms with Gasteiger partial charge < -0.3 is 43.9 Å². The molecule has 3 heterocycles. The summed E-state index contributed by atoms with van der Waals surface area (Å²) in [6, 6.07) is 10.4. The lowest BCUT2D eigenvalue weighted by Gasteiger charge is -2.42. The molecule has 0 aromatic heterocycles. The fraction of sp³-hybridized carbons (Fsp3) is 0.560. The van der Waals surface area contributed by atoms with E-state index >= 15 is 0 Å². The minimum atomic E-state index is -1.85. The number of anilines is 1. The molecule has 2 aromatic carbocycles. The van der Waals surface area contributed by atoms with Crippen molar-refractivity contribution in [3.8, 4) is 5.75 Å². The molecule has 0 spiro atoms. The summed E-state index contributed by atoms with van der Waals surface area (Å²) in [6.45, 7) is 9.25. The summed E-state index contributed by atoms with van der Waals surface area (Å²) >= 11 is 6.81. The molecule has 2 saturated heterocycles. The Labute approximate surface area is 418 Å². The number of carbonyl (C=O) groups is 6. The lowest BCUT2D eigenvalue weighted by atomic mass is 9.83. The van der Waals surface area contributed by atoms with Crippen molar-refractivity contribution >= 4 is 74.4 Å². The second-order valence-corrected chi connectivity index (χ2v) is 21.1. The highest BCUT2D eigenvalue weighted by Crippen LogP contribution is 2.49. The Morgan fingerprint density at radius 2 is 1.75 bits per heavy atom. The number of methoxy groups -OCH3 is 2. The number of aryl methyl sites for hydroxylation is 1. The highest BCUT2D eigenvalue weighted by atomic mass is 35.5. The van der Waals surface area contributed by atoms with Crippen molar-refractivity contribution < 1.29 is 57.6 Å². The van der Waals surface area contributed by atoms with E-state index in [1.807, 2.05) is 44.2 Å². The van der Waals surface area contributed by atoms with Crippen LogP contribution in [0.5, 0.6) is 5.75 Å². The van der Waals surface area contributed by atoms with Gasteiger partial charge in [-0.2, -0.15) is 0 Å². The molecule has 0 unspecified atom stereocenters. The molecule has 3 aliphatic rings. The number of allylic oxidation sites excluding steroid dienone is 3. The molecule has 8 atom stereocenters. The van der Waals surface area contributed by atoms with Crippen LogP contribution in [0.3, 0.4) is 0 Å². The number of ketones is 1. The summed E-state index contributed by atoms with van der Waals surface area (Å²) in [6.07, 6.45) is 2.72. The van der Waals surface area contributed by atoms with E-state index in [4.69, 9.17) is 35.3 Å². The number of ether oxygens (including phenoxy) is 5. The quantitative estimate of drug-likeness (QED) is 0.0602. The topological polar surface area (TPSA) is 203 Å². The summed E-state index contributed by atoms with van der Waals surface area (Å²) in [5, 5.41) is 17.4. The maximum Gasteiger partial charge on any atom is 0.409 e. The number of epoxide rings is 1. The molecule has 3 N–H and O–H groups in total. The van der Waals surface area contributed by atoms with E-state index in [0.717, 1.165) is 22.3 Å². The third-order valence-electron chi connectivity index (χ3n) is 13.0. The van der Waals surface area contributed by atoms with E-state index in [9.17, 15) is 33.9 Å². The lowest BCUT2D eigenvalue weighted by molar-refractivity contribution is -0.162. The Hall–Kier alpha value is -4.59. The van der Waals surface area contributed by atoms with Crippen molar-refractivity contribution in [3.63, 3.8) is 0 Å². The molecule has 0 saturated carbocycles. The first kappa shape index (κ1) is 55.3. The summed E-state index contributed by atoms with van der Waals surface area (Å²) < 4.78 is 29.4. The first-order valence-corrected chi connectivity index (χ1v) is 26.1. The number of hydrogen-bond donors (Lipinski definition) is 3. The molecule has 3 aliphatic heterocycles. The van der Waals surface area contributed by atoms with Gasteiger partial charge in [0.15, 0.2) is 5.72 Å². The van der Waals surface area contributed by atoms with Gasteiger partial charge in [-0.15, -0.1) is 0 Å². The third-order valence-corrected chi connectivity index (χ3v) is 15.8. The Balaban J connectivity index is 1.22. The molecule has 5 rings (SSSR count). The molecule has 16 nitrogen and oxygen atoms in total. The number of fused-ring (bicyclic) bond motifs is 5. The van der Waals surface area contributed by atoms with Gasteiger partial charge in [0.2, 0.25) is 17.7 Å². The normalized spacial score (nSPS) is 26.5. The van der Waals surface area contributed by atoms with Crippen LogP contribution < -0.4 is 20.3 Å².